The van der Waals surface area contributed by atoms with E-state index in [9.17, 15) is 0 Å². The molecule has 0 fully saturated rings. The highest BCUT2D eigenvalue weighted by Crippen LogP contribution is 2.13. The predicted molar refractivity (Wildman–Crippen MR) is 108 cm³/mol. The number of ether oxygens (including phenoxy) is 1. The number of guanidine groups is 1. The second kappa shape index (κ2) is 11.7. The number of aliphatic imine (C=N–C) groups is 1. The van der Waals surface area contributed by atoms with Crippen LogP contribution in [0.3, 0.4) is 0 Å². The molecule has 0 aliphatic carbocycles. The number of anilines is 1. The molecule has 0 radical (unpaired) electrons. The van der Waals surface area contributed by atoms with Crippen molar-refractivity contribution in [3.8, 4) is 0 Å². The van der Waals surface area contributed by atoms with E-state index in [1.165, 1.54) is 11.3 Å². The van der Waals surface area contributed by atoms with Crippen LogP contribution < -0.4 is 15.5 Å². The summed E-state index contributed by atoms with van der Waals surface area (Å²) in [5, 5.41) is 6.72. The number of hydrogen-bond donors (Lipinski definition) is 2. The van der Waals surface area contributed by atoms with Gasteiger partial charge in [-0.3, -0.25) is 0 Å². The van der Waals surface area contributed by atoms with Crippen molar-refractivity contribution in [2.45, 2.75) is 46.8 Å². The molecule has 5 nitrogen and oxygen atoms in total. The summed E-state index contributed by atoms with van der Waals surface area (Å²) in [5.74, 6) is 1.38. The second-order valence-electron chi connectivity index (χ2n) is 6.71. The van der Waals surface area contributed by atoms with Gasteiger partial charge in [0.25, 0.3) is 0 Å². The van der Waals surface area contributed by atoms with Gasteiger partial charge in [0.15, 0.2) is 5.96 Å². The van der Waals surface area contributed by atoms with Gasteiger partial charge in [0.1, 0.15) is 0 Å². The molecule has 1 atom stereocenters. The van der Waals surface area contributed by atoms with E-state index in [4.69, 9.17) is 4.74 Å². The number of benzene rings is 1. The Morgan fingerprint density at radius 1 is 1.12 bits per heavy atom. The standard InChI is InChI=1S/C20H36N4O/c1-7-21-20(22-14-13-19(16(3)4)25-8-2)23-15-17-9-11-18(12-10-17)24(5)6/h9-12,16,19H,7-8,13-15H2,1-6H3,(H2,21,22,23). The van der Waals surface area contributed by atoms with Crippen molar-refractivity contribution in [2.75, 3.05) is 38.7 Å². The van der Waals surface area contributed by atoms with E-state index in [1.54, 1.807) is 0 Å². The molecule has 25 heavy (non-hydrogen) atoms. The molecule has 142 valence electrons. The van der Waals surface area contributed by atoms with E-state index in [-0.39, 0.29) is 0 Å². The van der Waals surface area contributed by atoms with Gasteiger partial charge in [-0.1, -0.05) is 26.0 Å². The SMILES string of the molecule is CCNC(=NCc1ccc(N(C)C)cc1)NCCC(OCC)C(C)C. The smallest absolute Gasteiger partial charge is 0.191 e. The quantitative estimate of drug-likeness (QED) is 0.503. The van der Waals surface area contributed by atoms with Gasteiger partial charge in [-0.2, -0.15) is 0 Å². The third-order valence-electron chi connectivity index (χ3n) is 4.06. The summed E-state index contributed by atoms with van der Waals surface area (Å²) in [5.41, 5.74) is 2.41. The summed E-state index contributed by atoms with van der Waals surface area (Å²) in [6.07, 6.45) is 1.27. The molecule has 0 heterocycles. The normalized spacial score (nSPS) is 13.0. The average molecular weight is 349 g/mol. The molecule has 0 amide bonds. The molecule has 0 bridgehead atoms. The van der Waals surface area contributed by atoms with E-state index in [0.29, 0.717) is 18.6 Å². The zero-order chi connectivity index (χ0) is 18.7. The fourth-order valence-electron chi connectivity index (χ4n) is 2.57. The van der Waals surface area contributed by atoms with Gasteiger partial charge in [-0.25, -0.2) is 4.99 Å². The van der Waals surface area contributed by atoms with Crippen LogP contribution in [0.1, 0.15) is 39.7 Å². The van der Waals surface area contributed by atoms with Crippen molar-refractivity contribution in [3.63, 3.8) is 0 Å². The lowest BCUT2D eigenvalue weighted by Gasteiger charge is -2.21. The Morgan fingerprint density at radius 2 is 1.80 bits per heavy atom. The Labute approximate surface area is 153 Å². The van der Waals surface area contributed by atoms with Gasteiger partial charge < -0.3 is 20.3 Å². The van der Waals surface area contributed by atoms with Gasteiger partial charge in [0.05, 0.1) is 12.6 Å². The van der Waals surface area contributed by atoms with E-state index in [2.05, 4.69) is 72.5 Å². The van der Waals surface area contributed by atoms with Gasteiger partial charge >= 0.3 is 0 Å². The van der Waals surface area contributed by atoms with Gasteiger partial charge in [0, 0.05) is 39.5 Å². The fourth-order valence-corrected chi connectivity index (χ4v) is 2.57. The summed E-state index contributed by atoms with van der Waals surface area (Å²) >= 11 is 0. The van der Waals surface area contributed by atoms with Crippen LogP contribution in [0.2, 0.25) is 0 Å². The first-order valence-corrected chi connectivity index (χ1v) is 9.37. The lowest BCUT2D eigenvalue weighted by atomic mass is 10.0. The zero-order valence-electron chi connectivity index (χ0n) is 16.8. The van der Waals surface area contributed by atoms with Crippen molar-refractivity contribution in [2.24, 2.45) is 10.9 Å². The third-order valence-corrected chi connectivity index (χ3v) is 4.06. The molecular weight excluding hydrogens is 312 g/mol. The Balaban J connectivity index is 2.55. The number of nitrogens with one attached hydrogen (secondary N) is 2. The van der Waals surface area contributed by atoms with E-state index >= 15 is 0 Å². The summed E-state index contributed by atoms with van der Waals surface area (Å²) in [6.45, 7) is 11.7. The average Bonchev–Trinajstić information content (AvgIpc) is 2.59. The second-order valence-corrected chi connectivity index (χ2v) is 6.71. The molecular formula is C20H36N4O. The zero-order valence-corrected chi connectivity index (χ0v) is 16.8. The van der Waals surface area contributed by atoms with Crippen LogP contribution >= 0.6 is 0 Å². The maximum Gasteiger partial charge on any atom is 0.191 e. The van der Waals surface area contributed by atoms with Crippen molar-refractivity contribution in [1.29, 1.82) is 0 Å². The number of nitrogens with zero attached hydrogens (tertiary/aromatic N) is 2. The molecule has 0 aliphatic rings. The van der Waals surface area contributed by atoms with Crippen LogP contribution in [-0.4, -0.2) is 45.9 Å². The molecule has 5 heteroatoms. The maximum absolute atomic E-state index is 5.80. The monoisotopic (exact) mass is 348 g/mol. The highest BCUT2D eigenvalue weighted by Gasteiger charge is 2.12. The Morgan fingerprint density at radius 3 is 2.32 bits per heavy atom. The van der Waals surface area contributed by atoms with E-state index in [0.717, 1.165) is 32.1 Å². The van der Waals surface area contributed by atoms with E-state index in [1.807, 2.05) is 14.1 Å². The molecule has 2 N–H and O–H groups in total. The van der Waals surface area contributed by atoms with Crippen molar-refractivity contribution < 1.29 is 4.74 Å². The predicted octanol–water partition coefficient (Wildman–Crippen LogP) is 3.26. The van der Waals surface area contributed by atoms with Crippen LogP contribution in [0.15, 0.2) is 29.3 Å². The summed E-state index contributed by atoms with van der Waals surface area (Å²) < 4.78 is 5.80. The van der Waals surface area contributed by atoms with Crippen LogP contribution in [0.5, 0.6) is 0 Å². The topological polar surface area (TPSA) is 48.9 Å². The minimum Gasteiger partial charge on any atom is -0.378 e. The molecule has 1 unspecified atom stereocenters. The summed E-state index contributed by atoms with van der Waals surface area (Å²) in [4.78, 5) is 6.79. The first kappa shape index (κ1) is 21.3. The first-order valence-electron chi connectivity index (χ1n) is 9.37. The minimum absolute atomic E-state index is 0.291. The largest absolute Gasteiger partial charge is 0.378 e. The number of rotatable bonds is 10. The maximum atomic E-state index is 5.80. The Kier molecular flexibility index (Phi) is 10.0. The molecule has 0 saturated carbocycles. The Hall–Kier alpha value is -1.75. The van der Waals surface area contributed by atoms with Crippen molar-refractivity contribution in [1.82, 2.24) is 10.6 Å². The molecule has 0 aromatic heterocycles. The summed E-state index contributed by atoms with van der Waals surface area (Å²) in [7, 11) is 4.10. The van der Waals surface area contributed by atoms with Gasteiger partial charge in [-0.15, -0.1) is 0 Å². The number of hydrogen-bond acceptors (Lipinski definition) is 3. The van der Waals surface area contributed by atoms with Crippen molar-refractivity contribution >= 4 is 11.6 Å². The van der Waals surface area contributed by atoms with Crippen molar-refractivity contribution in [3.05, 3.63) is 29.8 Å². The molecule has 1 rings (SSSR count). The van der Waals surface area contributed by atoms with Gasteiger partial charge in [0.2, 0.25) is 0 Å². The molecule has 1 aromatic rings. The highest BCUT2D eigenvalue weighted by atomic mass is 16.5. The van der Waals surface area contributed by atoms with Crippen LogP contribution in [0, 0.1) is 5.92 Å². The molecule has 0 aliphatic heterocycles. The Bertz CT molecular complexity index is 497. The molecule has 0 saturated heterocycles. The lowest BCUT2D eigenvalue weighted by Crippen LogP contribution is -2.39. The van der Waals surface area contributed by atoms with E-state index < -0.39 is 0 Å². The van der Waals surface area contributed by atoms with Gasteiger partial charge in [-0.05, 0) is 43.9 Å². The van der Waals surface area contributed by atoms with Crippen LogP contribution in [0.25, 0.3) is 0 Å². The fraction of sp³-hybridized carbons (Fsp3) is 0.650. The highest BCUT2D eigenvalue weighted by molar-refractivity contribution is 5.79. The van der Waals surface area contributed by atoms with Crippen LogP contribution in [0.4, 0.5) is 5.69 Å². The van der Waals surface area contributed by atoms with Crippen LogP contribution in [-0.2, 0) is 11.3 Å². The third kappa shape index (κ3) is 8.25. The molecule has 0 spiro atoms. The first-order chi connectivity index (χ1) is 12.0. The minimum atomic E-state index is 0.291. The lowest BCUT2D eigenvalue weighted by molar-refractivity contribution is 0.0258. The molecule has 1 aromatic carbocycles. The summed E-state index contributed by atoms with van der Waals surface area (Å²) in [6, 6.07) is 8.51.